The molecule has 30 heavy (non-hydrogen) atoms. The summed E-state index contributed by atoms with van der Waals surface area (Å²) < 4.78 is 12.4. The maximum atomic E-state index is 12.1. The van der Waals surface area contributed by atoms with E-state index in [4.69, 9.17) is 9.47 Å². The minimum atomic E-state index is -0.452. The predicted octanol–water partition coefficient (Wildman–Crippen LogP) is 4.84. The molecule has 2 aromatic rings. The number of halogens is 1. The molecule has 2 amide bonds. The molecule has 156 valence electrons. The van der Waals surface area contributed by atoms with Crippen LogP contribution in [0.25, 0.3) is 6.08 Å². The van der Waals surface area contributed by atoms with Crippen molar-refractivity contribution < 1.29 is 24.0 Å². The number of imide groups is 1. The van der Waals surface area contributed by atoms with E-state index in [9.17, 15) is 19.7 Å². The van der Waals surface area contributed by atoms with Gasteiger partial charge in [0.1, 0.15) is 6.61 Å². The second kappa shape index (κ2) is 9.47. The summed E-state index contributed by atoms with van der Waals surface area (Å²) in [7, 11) is 1.45. The van der Waals surface area contributed by atoms with Crippen LogP contribution in [0, 0.1) is 13.7 Å². The number of benzene rings is 2. The van der Waals surface area contributed by atoms with Crippen molar-refractivity contribution in [1.82, 2.24) is 4.90 Å². The number of carbonyl (C=O) groups excluding carboxylic acids is 2. The summed E-state index contributed by atoms with van der Waals surface area (Å²) in [5, 5.41) is 10.5. The van der Waals surface area contributed by atoms with E-state index in [1.807, 2.05) is 13.0 Å². The summed E-state index contributed by atoms with van der Waals surface area (Å²) in [6.45, 7) is 2.48. The van der Waals surface area contributed by atoms with Crippen LogP contribution in [0.5, 0.6) is 11.5 Å². The maximum Gasteiger partial charge on any atom is 0.293 e. The average molecular weight is 540 g/mol. The number of hydrogen-bond acceptors (Lipinski definition) is 7. The van der Waals surface area contributed by atoms with Gasteiger partial charge in [-0.05, 0) is 82.7 Å². The van der Waals surface area contributed by atoms with Gasteiger partial charge in [-0.15, -0.1) is 0 Å². The number of hydrogen-bond donors (Lipinski definition) is 0. The number of carbonyl (C=O) groups is 2. The Balaban J connectivity index is 1.84. The van der Waals surface area contributed by atoms with Crippen molar-refractivity contribution in [3.05, 3.63) is 66.1 Å². The zero-order valence-corrected chi connectivity index (χ0v) is 19.1. The Morgan fingerprint density at radius 3 is 2.47 bits per heavy atom. The van der Waals surface area contributed by atoms with Crippen LogP contribution < -0.4 is 9.47 Å². The van der Waals surface area contributed by atoms with Gasteiger partial charge >= 0.3 is 0 Å². The molecule has 1 saturated heterocycles. The first-order valence-corrected chi connectivity index (χ1v) is 10.7. The van der Waals surface area contributed by atoms with E-state index < -0.39 is 4.92 Å². The molecule has 0 N–H and O–H groups in total. The minimum Gasteiger partial charge on any atom is -0.490 e. The van der Waals surface area contributed by atoms with Gasteiger partial charge in [0.25, 0.3) is 16.8 Å². The lowest BCUT2D eigenvalue weighted by Crippen LogP contribution is -2.22. The van der Waals surface area contributed by atoms with E-state index in [-0.39, 0.29) is 23.4 Å². The van der Waals surface area contributed by atoms with Crippen LogP contribution in [-0.2, 0) is 11.4 Å². The molecule has 0 aliphatic carbocycles. The molecule has 1 aliphatic heterocycles. The van der Waals surface area contributed by atoms with Crippen LogP contribution in [0.4, 0.5) is 10.5 Å². The van der Waals surface area contributed by atoms with Gasteiger partial charge in [0.15, 0.2) is 11.5 Å². The fraction of sp³-hybridized carbons (Fsp3) is 0.200. The number of nitro benzene ring substituents is 1. The highest BCUT2D eigenvalue weighted by Crippen LogP contribution is 2.37. The van der Waals surface area contributed by atoms with E-state index in [0.717, 1.165) is 25.8 Å². The molecule has 1 heterocycles. The zero-order chi connectivity index (χ0) is 21.8. The number of ether oxygens (including phenoxy) is 2. The topological polar surface area (TPSA) is 99.0 Å². The molecule has 2 aromatic carbocycles. The third kappa shape index (κ3) is 4.93. The number of rotatable bonds is 7. The molecule has 0 atom stereocenters. The van der Waals surface area contributed by atoms with Crippen molar-refractivity contribution in [3.63, 3.8) is 0 Å². The van der Waals surface area contributed by atoms with Gasteiger partial charge < -0.3 is 9.47 Å². The number of likely N-dealkylation sites (N-methyl/N-ethyl adjacent to an activating group) is 1. The largest absolute Gasteiger partial charge is 0.490 e. The van der Waals surface area contributed by atoms with E-state index in [0.29, 0.717) is 28.6 Å². The molecular formula is C20H17IN2O6S. The van der Waals surface area contributed by atoms with Crippen LogP contribution in [0.3, 0.4) is 0 Å². The highest BCUT2D eigenvalue weighted by atomic mass is 127. The molecule has 0 unspecified atom stereocenters. The fourth-order valence-corrected chi connectivity index (χ4v) is 4.25. The van der Waals surface area contributed by atoms with E-state index in [1.165, 1.54) is 19.2 Å². The summed E-state index contributed by atoms with van der Waals surface area (Å²) in [6.07, 6.45) is 1.65. The van der Waals surface area contributed by atoms with Gasteiger partial charge in [-0.1, -0.05) is 0 Å². The van der Waals surface area contributed by atoms with Crippen molar-refractivity contribution in [2.75, 3.05) is 13.7 Å². The Labute approximate surface area is 190 Å². The smallest absolute Gasteiger partial charge is 0.293 e. The van der Waals surface area contributed by atoms with Gasteiger partial charge in [0.2, 0.25) is 0 Å². The highest BCUT2D eigenvalue weighted by molar-refractivity contribution is 14.1. The lowest BCUT2D eigenvalue weighted by Gasteiger charge is -2.15. The molecule has 0 bridgehead atoms. The van der Waals surface area contributed by atoms with E-state index in [2.05, 4.69) is 22.6 Å². The third-order valence-electron chi connectivity index (χ3n) is 4.15. The standard InChI is InChI=1S/C20H17IN2O6S/c1-3-28-16-9-13(10-17-19(24)22(2)20(25)30-17)8-15(21)18(16)29-11-12-4-6-14(7-5-12)23(26)27/h4-10H,3,11H2,1-2H3/b17-10-. The Bertz CT molecular complexity index is 1040. The summed E-state index contributed by atoms with van der Waals surface area (Å²) in [4.78, 5) is 35.6. The van der Waals surface area contributed by atoms with Crippen molar-refractivity contribution in [2.24, 2.45) is 0 Å². The number of non-ortho nitro benzene ring substituents is 1. The molecule has 0 aromatic heterocycles. The first kappa shape index (κ1) is 22.1. The molecule has 0 radical (unpaired) electrons. The molecule has 0 saturated carbocycles. The average Bonchev–Trinajstić information content (AvgIpc) is 2.94. The quantitative estimate of drug-likeness (QED) is 0.215. The van der Waals surface area contributed by atoms with Crippen molar-refractivity contribution in [3.8, 4) is 11.5 Å². The summed E-state index contributed by atoms with van der Waals surface area (Å²) in [5.74, 6) is 0.710. The van der Waals surface area contributed by atoms with Crippen LogP contribution in [-0.4, -0.2) is 34.6 Å². The van der Waals surface area contributed by atoms with Crippen LogP contribution in [0.15, 0.2) is 41.3 Å². The molecule has 10 heteroatoms. The normalized spacial score (nSPS) is 15.0. The lowest BCUT2D eigenvalue weighted by atomic mass is 10.1. The van der Waals surface area contributed by atoms with Gasteiger partial charge in [0.05, 0.1) is 20.0 Å². The van der Waals surface area contributed by atoms with Gasteiger partial charge in [-0.3, -0.25) is 24.6 Å². The Morgan fingerprint density at radius 1 is 1.20 bits per heavy atom. The maximum absolute atomic E-state index is 12.1. The third-order valence-corrected chi connectivity index (χ3v) is 5.91. The number of thioether (sulfide) groups is 1. The monoisotopic (exact) mass is 540 g/mol. The molecule has 8 nitrogen and oxygen atoms in total. The molecular weight excluding hydrogens is 523 g/mol. The summed E-state index contributed by atoms with van der Waals surface area (Å²) >= 11 is 3.01. The first-order valence-electron chi connectivity index (χ1n) is 8.84. The van der Waals surface area contributed by atoms with Crippen molar-refractivity contribution in [1.29, 1.82) is 0 Å². The summed E-state index contributed by atoms with van der Waals surface area (Å²) in [5.41, 5.74) is 1.51. The van der Waals surface area contributed by atoms with Crippen LogP contribution in [0.2, 0.25) is 0 Å². The predicted molar refractivity (Wildman–Crippen MR) is 121 cm³/mol. The number of nitrogens with zero attached hydrogens (tertiary/aromatic N) is 2. The minimum absolute atomic E-state index is 0.0178. The Hall–Kier alpha value is -2.60. The zero-order valence-electron chi connectivity index (χ0n) is 16.1. The Morgan fingerprint density at radius 2 is 1.90 bits per heavy atom. The second-order valence-electron chi connectivity index (χ2n) is 6.22. The van der Waals surface area contributed by atoms with E-state index >= 15 is 0 Å². The van der Waals surface area contributed by atoms with Gasteiger partial charge in [-0.25, -0.2) is 0 Å². The van der Waals surface area contributed by atoms with Gasteiger partial charge in [0, 0.05) is 19.2 Å². The Kier molecular flexibility index (Phi) is 6.98. The summed E-state index contributed by atoms with van der Waals surface area (Å²) in [6, 6.07) is 9.72. The molecule has 1 fully saturated rings. The van der Waals surface area contributed by atoms with Crippen LogP contribution >= 0.6 is 34.4 Å². The SMILES string of the molecule is CCOc1cc(/C=C2\SC(=O)N(C)C2=O)cc(I)c1OCc1ccc([N+](=O)[O-])cc1. The fourth-order valence-electron chi connectivity index (χ4n) is 2.64. The molecule has 3 rings (SSSR count). The number of nitro groups is 1. The lowest BCUT2D eigenvalue weighted by molar-refractivity contribution is -0.384. The first-order chi connectivity index (χ1) is 14.3. The van der Waals surface area contributed by atoms with Crippen LogP contribution in [0.1, 0.15) is 18.1 Å². The van der Waals surface area contributed by atoms with Crippen molar-refractivity contribution >= 4 is 57.3 Å². The molecule has 0 spiro atoms. The van der Waals surface area contributed by atoms with Crippen molar-refractivity contribution in [2.45, 2.75) is 13.5 Å². The van der Waals surface area contributed by atoms with Gasteiger partial charge in [-0.2, -0.15) is 0 Å². The van der Waals surface area contributed by atoms with E-state index in [1.54, 1.807) is 24.3 Å². The second-order valence-corrected chi connectivity index (χ2v) is 8.37. The highest BCUT2D eigenvalue weighted by Gasteiger charge is 2.31. The number of amides is 2. The molecule has 1 aliphatic rings.